The first-order valence-electron chi connectivity index (χ1n) is 5.04. The van der Waals surface area contributed by atoms with Gasteiger partial charge in [0.25, 0.3) is 0 Å². The average molecular weight is 399 g/mol. The Bertz CT molecular complexity index is 647. The van der Waals surface area contributed by atoms with E-state index in [1.165, 1.54) is 12.1 Å². The molecular weight excluding hydrogens is 394 g/mol. The molecule has 0 atom stereocenters. The van der Waals surface area contributed by atoms with Crippen LogP contribution in [0.15, 0.2) is 34.8 Å². The fourth-order valence-electron chi connectivity index (χ4n) is 1.57. The molecule has 0 heterocycles. The van der Waals surface area contributed by atoms with E-state index in [4.69, 9.17) is 46.4 Å². The van der Waals surface area contributed by atoms with Crippen molar-refractivity contribution in [2.75, 3.05) is 0 Å². The maximum absolute atomic E-state index is 12.4. The molecule has 2 aromatic rings. The predicted molar refractivity (Wildman–Crippen MR) is 84.1 cm³/mol. The minimum atomic E-state index is -0.343. The molecule has 2 rings (SSSR count). The second-order valence-electron chi connectivity index (χ2n) is 3.70. The van der Waals surface area contributed by atoms with Gasteiger partial charge in [0.1, 0.15) is 0 Å². The summed E-state index contributed by atoms with van der Waals surface area (Å²) in [5.41, 5.74) is 0.521. The summed E-state index contributed by atoms with van der Waals surface area (Å²) in [6.07, 6.45) is 0. The van der Waals surface area contributed by atoms with E-state index >= 15 is 0 Å². The molecule has 0 radical (unpaired) electrons. The summed E-state index contributed by atoms with van der Waals surface area (Å²) in [7, 11) is 0. The Labute approximate surface area is 138 Å². The van der Waals surface area contributed by atoms with Gasteiger partial charge in [-0.15, -0.1) is 0 Å². The van der Waals surface area contributed by atoms with Gasteiger partial charge in [0, 0.05) is 15.1 Å². The van der Waals surface area contributed by atoms with Crippen LogP contribution < -0.4 is 0 Å². The van der Waals surface area contributed by atoms with Crippen molar-refractivity contribution >= 4 is 68.1 Å². The van der Waals surface area contributed by atoms with E-state index in [-0.39, 0.29) is 21.4 Å². The summed E-state index contributed by atoms with van der Waals surface area (Å²) < 4.78 is 0.780. The smallest absolute Gasteiger partial charge is 0.197 e. The molecule has 0 amide bonds. The quantitative estimate of drug-likeness (QED) is 0.543. The zero-order valence-electron chi connectivity index (χ0n) is 9.18. The Morgan fingerprint density at radius 1 is 0.895 bits per heavy atom. The van der Waals surface area contributed by atoms with Crippen molar-refractivity contribution in [2.45, 2.75) is 0 Å². The zero-order chi connectivity index (χ0) is 14.2. The van der Waals surface area contributed by atoms with Crippen molar-refractivity contribution in [1.82, 2.24) is 0 Å². The molecule has 19 heavy (non-hydrogen) atoms. The molecule has 0 saturated carbocycles. The predicted octanol–water partition coefficient (Wildman–Crippen LogP) is 6.29. The van der Waals surface area contributed by atoms with Gasteiger partial charge in [0.2, 0.25) is 0 Å². The number of hydrogen-bond donors (Lipinski definition) is 0. The number of ketones is 1. The van der Waals surface area contributed by atoms with Gasteiger partial charge >= 0.3 is 0 Å². The first kappa shape index (κ1) is 15.1. The first-order valence-corrected chi connectivity index (χ1v) is 7.35. The number of hydrogen-bond acceptors (Lipinski definition) is 1. The lowest BCUT2D eigenvalue weighted by molar-refractivity contribution is 0.103. The van der Waals surface area contributed by atoms with Crippen LogP contribution in [0.3, 0.4) is 0 Å². The van der Waals surface area contributed by atoms with Crippen LogP contribution in [-0.4, -0.2) is 5.78 Å². The van der Waals surface area contributed by atoms with Crippen molar-refractivity contribution in [3.05, 3.63) is 66.0 Å². The van der Waals surface area contributed by atoms with Crippen molar-refractivity contribution in [2.24, 2.45) is 0 Å². The molecule has 0 aliphatic rings. The van der Waals surface area contributed by atoms with E-state index in [0.29, 0.717) is 15.6 Å². The van der Waals surface area contributed by atoms with Crippen LogP contribution in [0.1, 0.15) is 15.9 Å². The van der Waals surface area contributed by atoms with Gasteiger partial charge < -0.3 is 0 Å². The van der Waals surface area contributed by atoms with Crippen molar-refractivity contribution in [3.63, 3.8) is 0 Å². The van der Waals surface area contributed by atoms with E-state index in [1.54, 1.807) is 18.2 Å². The molecule has 0 fully saturated rings. The van der Waals surface area contributed by atoms with Crippen molar-refractivity contribution < 1.29 is 4.79 Å². The SMILES string of the molecule is O=C(c1ccc(Br)cc1Cl)c1c(Cl)cc(Cl)cc1Cl. The molecule has 98 valence electrons. The third kappa shape index (κ3) is 3.26. The molecule has 0 spiro atoms. The Hall–Kier alpha value is -0.250. The van der Waals surface area contributed by atoms with Gasteiger partial charge in [-0.3, -0.25) is 4.79 Å². The van der Waals surface area contributed by atoms with Crippen LogP contribution in [0.25, 0.3) is 0 Å². The number of benzene rings is 2. The Balaban J connectivity index is 2.56. The standard InChI is InChI=1S/C13H5BrCl4O/c14-6-1-2-8(9(16)3-6)13(19)12-10(17)4-7(15)5-11(12)18/h1-5H. The highest BCUT2D eigenvalue weighted by atomic mass is 79.9. The minimum Gasteiger partial charge on any atom is -0.288 e. The van der Waals surface area contributed by atoms with E-state index in [2.05, 4.69) is 15.9 Å². The molecule has 6 heteroatoms. The lowest BCUT2D eigenvalue weighted by atomic mass is 10.0. The highest BCUT2D eigenvalue weighted by Crippen LogP contribution is 2.33. The van der Waals surface area contributed by atoms with Gasteiger partial charge in [-0.05, 0) is 30.3 Å². The van der Waals surface area contributed by atoms with E-state index in [0.717, 1.165) is 4.47 Å². The molecule has 0 saturated heterocycles. The van der Waals surface area contributed by atoms with Crippen LogP contribution in [-0.2, 0) is 0 Å². The third-order valence-electron chi connectivity index (χ3n) is 2.41. The molecule has 1 nitrogen and oxygen atoms in total. The lowest BCUT2D eigenvalue weighted by Crippen LogP contribution is -2.04. The van der Waals surface area contributed by atoms with Crippen LogP contribution in [0.2, 0.25) is 20.1 Å². The lowest BCUT2D eigenvalue weighted by Gasteiger charge is -2.08. The molecule has 0 N–H and O–H groups in total. The number of carbonyl (C=O) groups is 1. The van der Waals surface area contributed by atoms with E-state index < -0.39 is 0 Å². The monoisotopic (exact) mass is 396 g/mol. The maximum atomic E-state index is 12.4. The molecule has 0 aliphatic heterocycles. The molecule has 2 aromatic carbocycles. The molecule has 0 unspecified atom stereocenters. The maximum Gasteiger partial charge on any atom is 0.197 e. The van der Waals surface area contributed by atoms with Crippen LogP contribution in [0.4, 0.5) is 0 Å². The second-order valence-corrected chi connectivity index (χ2v) is 6.27. The Morgan fingerprint density at radius 3 is 2.00 bits per heavy atom. The minimum absolute atomic E-state index is 0.192. The number of rotatable bonds is 2. The fourth-order valence-corrected chi connectivity index (χ4v) is 3.32. The normalized spacial score (nSPS) is 10.6. The summed E-state index contributed by atoms with van der Waals surface area (Å²) in [5, 5.41) is 1.08. The van der Waals surface area contributed by atoms with E-state index in [1.807, 2.05) is 0 Å². The number of halogens is 5. The van der Waals surface area contributed by atoms with Crippen LogP contribution >= 0.6 is 62.3 Å². The summed E-state index contributed by atoms with van der Waals surface area (Å²) in [6.45, 7) is 0. The van der Waals surface area contributed by atoms with E-state index in [9.17, 15) is 4.79 Å². The van der Waals surface area contributed by atoms with Gasteiger partial charge in [-0.2, -0.15) is 0 Å². The van der Waals surface area contributed by atoms with Crippen molar-refractivity contribution in [3.8, 4) is 0 Å². The Morgan fingerprint density at radius 2 is 1.47 bits per heavy atom. The summed E-state index contributed by atoms with van der Waals surface area (Å²) in [5.74, 6) is -0.343. The van der Waals surface area contributed by atoms with Gasteiger partial charge in [0.15, 0.2) is 5.78 Å². The second kappa shape index (κ2) is 6.02. The molecular formula is C13H5BrCl4O. The highest BCUT2D eigenvalue weighted by Gasteiger charge is 2.19. The Kier molecular flexibility index (Phi) is 4.80. The van der Waals surface area contributed by atoms with Gasteiger partial charge in [-0.1, -0.05) is 62.3 Å². The van der Waals surface area contributed by atoms with Crippen molar-refractivity contribution in [1.29, 1.82) is 0 Å². The van der Waals surface area contributed by atoms with Crippen LogP contribution in [0.5, 0.6) is 0 Å². The fraction of sp³-hybridized carbons (Fsp3) is 0. The molecule has 0 aromatic heterocycles. The summed E-state index contributed by atoms with van der Waals surface area (Å²) in [4.78, 5) is 12.4. The summed E-state index contributed by atoms with van der Waals surface area (Å²) >= 11 is 27.2. The molecule has 0 aliphatic carbocycles. The summed E-state index contributed by atoms with van der Waals surface area (Å²) in [6, 6.07) is 7.89. The largest absolute Gasteiger partial charge is 0.288 e. The highest BCUT2D eigenvalue weighted by molar-refractivity contribution is 9.10. The number of carbonyl (C=O) groups excluding carboxylic acids is 1. The average Bonchev–Trinajstić information content (AvgIpc) is 2.26. The van der Waals surface area contributed by atoms with Crippen LogP contribution in [0, 0.1) is 0 Å². The van der Waals surface area contributed by atoms with Gasteiger partial charge in [0.05, 0.1) is 20.6 Å². The molecule has 0 bridgehead atoms. The zero-order valence-corrected chi connectivity index (χ0v) is 13.8. The van der Waals surface area contributed by atoms with Gasteiger partial charge in [-0.25, -0.2) is 0 Å². The first-order chi connectivity index (χ1) is 8.90. The third-order valence-corrected chi connectivity index (χ3v) is 4.03. The topological polar surface area (TPSA) is 17.1 Å².